The van der Waals surface area contributed by atoms with Gasteiger partial charge in [0.25, 0.3) is 5.91 Å². The first-order valence-electron chi connectivity index (χ1n) is 10.5. The minimum Gasteiger partial charge on any atom is -0.400 e. The maximum absolute atomic E-state index is 13.5. The van der Waals surface area contributed by atoms with Crippen LogP contribution in [0.4, 0.5) is 4.39 Å². The van der Waals surface area contributed by atoms with E-state index < -0.39 is 11.7 Å². The predicted octanol–water partition coefficient (Wildman–Crippen LogP) is 5.39. The molecule has 0 spiro atoms. The van der Waals surface area contributed by atoms with E-state index >= 15 is 0 Å². The van der Waals surface area contributed by atoms with E-state index in [1.165, 1.54) is 44.2 Å². The fraction of sp³-hybridized carbons (Fsp3) is 0.400. The molecule has 5 nitrogen and oxygen atoms in total. The smallest absolute Gasteiger partial charge is 0.278 e. The molecule has 0 radical (unpaired) electrons. The summed E-state index contributed by atoms with van der Waals surface area (Å²) in [5.41, 5.74) is 8.37. The Morgan fingerprint density at radius 1 is 0.968 bits per heavy atom. The van der Waals surface area contributed by atoms with Crippen LogP contribution in [-0.4, -0.2) is 30.2 Å². The van der Waals surface area contributed by atoms with Crippen LogP contribution in [0.3, 0.4) is 0 Å². The molecule has 0 aromatic heterocycles. The number of nitrogens with zero attached hydrogens (tertiary/aromatic N) is 1. The molecule has 2 aromatic carbocycles. The second kappa shape index (κ2) is 15.9. The third-order valence-corrected chi connectivity index (χ3v) is 4.61. The summed E-state index contributed by atoms with van der Waals surface area (Å²) >= 11 is 0. The summed E-state index contributed by atoms with van der Waals surface area (Å²) in [5.74, 6) is -1.30. The number of hydrogen-bond acceptors (Lipinski definition) is 3. The van der Waals surface area contributed by atoms with E-state index in [-0.39, 0.29) is 17.0 Å². The summed E-state index contributed by atoms with van der Waals surface area (Å²) in [4.78, 5) is 26.4. The first kappa shape index (κ1) is 28.1. The molecule has 0 aliphatic heterocycles. The van der Waals surface area contributed by atoms with Crippen molar-refractivity contribution in [2.75, 3.05) is 7.11 Å². The van der Waals surface area contributed by atoms with Crippen LogP contribution in [0, 0.1) is 19.7 Å². The lowest BCUT2D eigenvalue weighted by atomic mass is 10.1. The maximum Gasteiger partial charge on any atom is 0.278 e. The van der Waals surface area contributed by atoms with Gasteiger partial charge in [-0.1, -0.05) is 58.1 Å². The summed E-state index contributed by atoms with van der Waals surface area (Å²) in [6.45, 7) is 8.33. The van der Waals surface area contributed by atoms with Crippen molar-refractivity contribution < 1.29 is 19.1 Å². The third kappa shape index (κ3) is 10.1. The SMILES string of the molecule is CCCCCCC.CO.Cc1ccc(C(=O)N=C(N)c2ccc(C=O)c(F)c2)cc1C. The molecule has 0 aliphatic carbocycles. The molecule has 170 valence electrons. The van der Waals surface area contributed by atoms with Crippen molar-refractivity contribution in [1.29, 1.82) is 0 Å². The van der Waals surface area contributed by atoms with Gasteiger partial charge in [-0.3, -0.25) is 9.59 Å². The largest absolute Gasteiger partial charge is 0.400 e. The second-order valence-corrected chi connectivity index (χ2v) is 7.02. The Morgan fingerprint density at radius 3 is 2.03 bits per heavy atom. The monoisotopic (exact) mass is 430 g/mol. The second-order valence-electron chi connectivity index (χ2n) is 7.02. The maximum atomic E-state index is 13.5. The molecule has 0 saturated heterocycles. The van der Waals surface area contributed by atoms with Gasteiger partial charge < -0.3 is 10.8 Å². The summed E-state index contributed by atoms with van der Waals surface area (Å²) in [7, 11) is 1.00. The molecular weight excluding hydrogens is 395 g/mol. The van der Waals surface area contributed by atoms with Crippen molar-refractivity contribution in [1.82, 2.24) is 0 Å². The number of carbonyl (C=O) groups excluding carboxylic acids is 2. The van der Waals surface area contributed by atoms with E-state index in [1.54, 1.807) is 12.1 Å². The normalized spacial score (nSPS) is 10.4. The Morgan fingerprint density at radius 2 is 1.55 bits per heavy atom. The molecule has 2 rings (SSSR count). The van der Waals surface area contributed by atoms with Gasteiger partial charge in [0, 0.05) is 18.2 Å². The number of aryl methyl sites for hydroxylation is 2. The average molecular weight is 431 g/mol. The third-order valence-electron chi connectivity index (χ3n) is 4.61. The van der Waals surface area contributed by atoms with Gasteiger partial charge >= 0.3 is 0 Å². The lowest BCUT2D eigenvalue weighted by Crippen LogP contribution is -2.16. The molecular formula is C25H35FN2O3. The highest BCUT2D eigenvalue weighted by Gasteiger charge is 2.09. The highest BCUT2D eigenvalue weighted by atomic mass is 19.1. The van der Waals surface area contributed by atoms with Crippen LogP contribution in [0.1, 0.15) is 83.4 Å². The van der Waals surface area contributed by atoms with E-state index in [9.17, 15) is 14.0 Å². The number of aliphatic hydroxyl groups is 1. The van der Waals surface area contributed by atoms with E-state index in [0.717, 1.165) is 24.3 Å². The molecule has 0 fully saturated rings. The average Bonchev–Trinajstić information content (AvgIpc) is 2.77. The summed E-state index contributed by atoms with van der Waals surface area (Å²) in [5, 5.41) is 7.00. The number of hydrogen-bond donors (Lipinski definition) is 2. The van der Waals surface area contributed by atoms with Crippen LogP contribution >= 0.6 is 0 Å². The number of benzene rings is 2. The number of aldehydes is 1. The van der Waals surface area contributed by atoms with Gasteiger partial charge in [-0.2, -0.15) is 4.99 Å². The van der Waals surface area contributed by atoms with Crippen LogP contribution in [0.25, 0.3) is 0 Å². The number of aliphatic hydroxyl groups excluding tert-OH is 1. The minimum absolute atomic E-state index is 0.0722. The first-order chi connectivity index (χ1) is 14.8. The fourth-order valence-corrected chi connectivity index (χ4v) is 2.57. The van der Waals surface area contributed by atoms with Gasteiger partial charge in [0.1, 0.15) is 11.7 Å². The number of rotatable bonds is 7. The van der Waals surface area contributed by atoms with E-state index in [4.69, 9.17) is 10.8 Å². The quantitative estimate of drug-likeness (QED) is 0.267. The van der Waals surface area contributed by atoms with Crippen molar-refractivity contribution in [3.05, 3.63) is 70.0 Å². The Balaban J connectivity index is 0.000000852. The lowest BCUT2D eigenvalue weighted by Gasteiger charge is -2.04. The molecule has 31 heavy (non-hydrogen) atoms. The number of amidine groups is 1. The zero-order valence-electron chi connectivity index (χ0n) is 19.2. The molecule has 1 amide bonds. The highest BCUT2D eigenvalue weighted by molar-refractivity contribution is 6.09. The molecule has 0 saturated carbocycles. The van der Waals surface area contributed by atoms with E-state index in [0.29, 0.717) is 11.8 Å². The number of nitrogens with two attached hydrogens (primary N) is 1. The van der Waals surface area contributed by atoms with Crippen LogP contribution in [0.15, 0.2) is 41.4 Å². The summed E-state index contributed by atoms with van der Waals surface area (Å²) in [6.07, 6.45) is 7.42. The van der Waals surface area contributed by atoms with E-state index in [2.05, 4.69) is 18.8 Å². The molecule has 0 heterocycles. The molecule has 3 N–H and O–H groups in total. The molecule has 0 unspecified atom stereocenters. The van der Waals surface area contributed by atoms with Crippen molar-refractivity contribution in [2.45, 2.75) is 59.8 Å². The number of aliphatic imine (C=N–C) groups is 1. The molecule has 6 heteroatoms. The fourth-order valence-electron chi connectivity index (χ4n) is 2.57. The summed E-state index contributed by atoms with van der Waals surface area (Å²) in [6, 6.07) is 9.03. The Bertz CT molecular complexity index is 860. The van der Waals surface area contributed by atoms with Crippen LogP contribution in [-0.2, 0) is 0 Å². The number of halogens is 1. The molecule has 0 aliphatic rings. The zero-order valence-corrected chi connectivity index (χ0v) is 19.2. The minimum atomic E-state index is -0.704. The topological polar surface area (TPSA) is 92.8 Å². The van der Waals surface area contributed by atoms with Crippen molar-refractivity contribution >= 4 is 18.0 Å². The van der Waals surface area contributed by atoms with Crippen LogP contribution in [0.5, 0.6) is 0 Å². The lowest BCUT2D eigenvalue weighted by molar-refractivity contribution is 0.100. The number of unbranched alkanes of at least 4 members (excludes halogenated alkanes) is 4. The predicted molar refractivity (Wildman–Crippen MR) is 125 cm³/mol. The standard InChI is InChI=1S/C17H15FN2O2.C7H16.CH4O/c1-10-3-4-13(7-11(10)2)17(22)20-16(19)12-5-6-14(9-21)15(18)8-12;1-3-5-7-6-4-2;1-2/h3-9H,1-2H3,(H2,19,20,22);3-7H2,1-2H3;2H,1H3. The Labute approximate surface area is 185 Å². The van der Waals surface area contributed by atoms with E-state index in [1.807, 2.05) is 19.9 Å². The first-order valence-corrected chi connectivity index (χ1v) is 10.5. The summed E-state index contributed by atoms with van der Waals surface area (Å²) < 4.78 is 13.5. The van der Waals surface area contributed by atoms with Crippen LogP contribution in [0.2, 0.25) is 0 Å². The van der Waals surface area contributed by atoms with Crippen LogP contribution < -0.4 is 5.73 Å². The van der Waals surface area contributed by atoms with Gasteiger partial charge in [-0.15, -0.1) is 0 Å². The van der Waals surface area contributed by atoms with Gasteiger partial charge in [0.05, 0.1) is 5.56 Å². The van der Waals surface area contributed by atoms with Gasteiger partial charge in [0.15, 0.2) is 6.29 Å². The van der Waals surface area contributed by atoms with Gasteiger partial charge in [-0.05, 0) is 49.2 Å². The zero-order chi connectivity index (χ0) is 23.8. The molecule has 0 bridgehead atoms. The number of carbonyl (C=O) groups is 2. The van der Waals surface area contributed by atoms with Gasteiger partial charge in [-0.25, -0.2) is 4.39 Å². The highest BCUT2D eigenvalue weighted by Crippen LogP contribution is 2.12. The van der Waals surface area contributed by atoms with Crippen molar-refractivity contribution in [2.24, 2.45) is 10.7 Å². The number of amides is 1. The Hall–Kier alpha value is -2.86. The Kier molecular flexibility index (Phi) is 14.4. The van der Waals surface area contributed by atoms with Gasteiger partial charge in [0.2, 0.25) is 0 Å². The molecule has 0 atom stereocenters. The molecule has 2 aromatic rings. The van der Waals surface area contributed by atoms with Crippen molar-refractivity contribution in [3.8, 4) is 0 Å². The van der Waals surface area contributed by atoms with Crippen molar-refractivity contribution in [3.63, 3.8) is 0 Å².